The third-order valence-corrected chi connectivity index (χ3v) is 3.69. The Morgan fingerprint density at radius 1 is 0.958 bits per heavy atom. The fourth-order valence-electron chi connectivity index (χ4n) is 2.14. The highest BCUT2D eigenvalue weighted by Crippen LogP contribution is 2.19. The van der Waals surface area contributed by atoms with Crippen LogP contribution in [0, 0.1) is 0 Å². The van der Waals surface area contributed by atoms with Crippen LogP contribution in [0.5, 0.6) is 0 Å². The van der Waals surface area contributed by atoms with Gasteiger partial charge in [0.05, 0.1) is 23.4 Å². The lowest BCUT2D eigenvalue weighted by molar-refractivity contribution is -0.116. The molecule has 24 heavy (non-hydrogen) atoms. The molecular weight excluding hydrogens is 330 g/mol. The average Bonchev–Trinajstić information content (AvgIpc) is 2.60. The van der Waals surface area contributed by atoms with Crippen LogP contribution in [0.3, 0.4) is 0 Å². The highest BCUT2D eigenvalue weighted by molar-refractivity contribution is 6.34. The van der Waals surface area contributed by atoms with Crippen molar-refractivity contribution in [2.24, 2.45) is 0 Å². The van der Waals surface area contributed by atoms with Gasteiger partial charge in [-0.1, -0.05) is 35.9 Å². The number of ketones is 1. The van der Waals surface area contributed by atoms with Gasteiger partial charge < -0.3 is 10.1 Å². The number of carbonyl (C=O) groups excluding carboxylic acids is 3. The van der Waals surface area contributed by atoms with Gasteiger partial charge in [-0.05, 0) is 24.3 Å². The molecule has 0 bridgehead atoms. The Bertz CT molecular complexity index is 773. The summed E-state index contributed by atoms with van der Waals surface area (Å²) in [4.78, 5) is 35.8. The van der Waals surface area contributed by atoms with Crippen LogP contribution < -0.4 is 5.32 Å². The second kappa shape index (κ2) is 8.26. The molecule has 0 radical (unpaired) electrons. The largest absolute Gasteiger partial charge is 0.465 e. The molecule has 0 aliphatic heterocycles. The van der Waals surface area contributed by atoms with Crippen molar-refractivity contribution in [1.82, 2.24) is 0 Å². The molecule has 0 aliphatic carbocycles. The number of rotatable bonds is 6. The van der Waals surface area contributed by atoms with Crippen molar-refractivity contribution < 1.29 is 19.1 Å². The number of hydrogen-bond donors (Lipinski definition) is 1. The van der Waals surface area contributed by atoms with Crippen molar-refractivity contribution in [2.45, 2.75) is 12.8 Å². The summed E-state index contributed by atoms with van der Waals surface area (Å²) in [7, 11) is 1.27. The summed E-state index contributed by atoms with van der Waals surface area (Å²) in [5.74, 6) is -1.12. The van der Waals surface area contributed by atoms with E-state index in [1.165, 1.54) is 7.11 Å². The van der Waals surface area contributed by atoms with E-state index in [-0.39, 0.29) is 30.1 Å². The number of anilines is 1. The van der Waals surface area contributed by atoms with Crippen LogP contribution in [-0.4, -0.2) is 24.8 Å². The van der Waals surface area contributed by atoms with Crippen molar-refractivity contribution in [1.29, 1.82) is 0 Å². The number of hydrogen-bond acceptors (Lipinski definition) is 4. The zero-order valence-corrected chi connectivity index (χ0v) is 13.8. The number of esters is 1. The van der Waals surface area contributed by atoms with E-state index in [2.05, 4.69) is 10.1 Å². The number of carbonyl (C=O) groups is 3. The van der Waals surface area contributed by atoms with Crippen molar-refractivity contribution in [3.05, 3.63) is 64.7 Å². The standard InChI is InChI=1S/C18H16ClNO4/c1-24-18(23)13-7-3-5-9-15(13)20-17(22)11-10-16(21)12-6-2-4-8-14(12)19/h2-9H,10-11H2,1H3,(H,20,22). The van der Waals surface area contributed by atoms with Gasteiger partial charge in [0.2, 0.25) is 5.91 Å². The summed E-state index contributed by atoms with van der Waals surface area (Å²) < 4.78 is 4.67. The zero-order chi connectivity index (χ0) is 17.5. The molecule has 2 aromatic rings. The second-order valence-electron chi connectivity index (χ2n) is 4.99. The van der Waals surface area contributed by atoms with Crippen LogP contribution in [0.2, 0.25) is 5.02 Å². The number of para-hydroxylation sites is 1. The van der Waals surface area contributed by atoms with Crippen LogP contribution in [0.25, 0.3) is 0 Å². The highest BCUT2D eigenvalue weighted by atomic mass is 35.5. The predicted molar refractivity (Wildman–Crippen MR) is 91.4 cm³/mol. The normalized spacial score (nSPS) is 10.1. The molecule has 1 N–H and O–H groups in total. The molecular formula is C18H16ClNO4. The summed E-state index contributed by atoms with van der Waals surface area (Å²) in [5.41, 5.74) is 0.993. The molecule has 0 atom stereocenters. The first-order valence-electron chi connectivity index (χ1n) is 7.28. The minimum Gasteiger partial charge on any atom is -0.465 e. The molecule has 0 spiro atoms. The number of benzene rings is 2. The molecule has 1 amide bonds. The Morgan fingerprint density at radius 3 is 2.25 bits per heavy atom. The summed E-state index contributed by atoms with van der Waals surface area (Å²) in [5, 5.41) is 2.98. The molecule has 2 rings (SSSR count). The minimum absolute atomic E-state index is 0.0143. The van der Waals surface area contributed by atoms with Crippen LogP contribution in [0.15, 0.2) is 48.5 Å². The summed E-state index contributed by atoms with van der Waals surface area (Å²) in [6.45, 7) is 0. The molecule has 0 aliphatic rings. The van der Waals surface area contributed by atoms with E-state index in [0.717, 1.165) is 0 Å². The van der Waals surface area contributed by atoms with Gasteiger partial charge in [-0.15, -0.1) is 0 Å². The van der Waals surface area contributed by atoms with E-state index in [1.54, 1.807) is 48.5 Å². The third kappa shape index (κ3) is 4.43. The Kier molecular flexibility index (Phi) is 6.09. The predicted octanol–water partition coefficient (Wildman–Crippen LogP) is 3.73. The van der Waals surface area contributed by atoms with Crippen molar-refractivity contribution in [3.8, 4) is 0 Å². The topological polar surface area (TPSA) is 72.5 Å². The third-order valence-electron chi connectivity index (χ3n) is 3.36. The maximum atomic E-state index is 12.1. The van der Waals surface area contributed by atoms with E-state index >= 15 is 0 Å². The van der Waals surface area contributed by atoms with E-state index in [4.69, 9.17) is 11.6 Å². The molecule has 2 aromatic carbocycles. The fraction of sp³-hybridized carbons (Fsp3) is 0.167. The number of methoxy groups -OCH3 is 1. The average molecular weight is 346 g/mol. The highest BCUT2D eigenvalue weighted by Gasteiger charge is 2.15. The first-order chi connectivity index (χ1) is 11.5. The second-order valence-corrected chi connectivity index (χ2v) is 5.40. The van der Waals surface area contributed by atoms with Crippen molar-refractivity contribution >= 4 is 34.9 Å². The summed E-state index contributed by atoms with van der Waals surface area (Å²) in [6.07, 6.45) is 0.00945. The lowest BCUT2D eigenvalue weighted by atomic mass is 10.1. The molecule has 124 valence electrons. The number of Topliss-reactive ketones (excluding diaryl/α,β-unsaturated/α-hetero) is 1. The van der Waals surface area contributed by atoms with Gasteiger partial charge in [0, 0.05) is 18.4 Å². The van der Waals surface area contributed by atoms with E-state index in [0.29, 0.717) is 16.3 Å². The summed E-state index contributed by atoms with van der Waals surface area (Å²) in [6, 6.07) is 13.2. The smallest absolute Gasteiger partial charge is 0.339 e. The van der Waals surface area contributed by atoms with E-state index in [1.807, 2.05) is 0 Å². The molecule has 0 unspecified atom stereocenters. The lowest BCUT2D eigenvalue weighted by Crippen LogP contribution is -2.16. The summed E-state index contributed by atoms with van der Waals surface area (Å²) >= 11 is 5.96. The Hall–Kier alpha value is -2.66. The minimum atomic E-state index is -0.543. The SMILES string of the molecule is COC(=O)c1ccccc1NC(=O)CCC(=O)c1ccccc1Cl. The maximum Gasteiger partial charge on any atom is 0.339 e. The number of amides is 1. The van der Waals surface area contributed by atoms with Gasteiger partial charge in [-0.25, -0.2) is 4.79 Å². The van der Waals surface area contributed by atoms with Crippen molar-refractivity contribution in [3.63, 3.8) is 0 Å². The lowest BCUT2D eigenvalue weighted by Gasteiger charge is -2.09. The monoisotopic (exact) mass is 345 g/mol. The van der Waals surface area contributed by atoms with E-state index in [9.17, 15) is 14.4 Å². The number of nitrogens with one attached hydrogen (secondary N) is 1. The van der Waals surface area contributed by atoms with Crippen LogP contribution in [-0.2, 0) is 9.53 Å². The Balaban J connectivity index is 1.99. The fourth-order valence-corrected chi connectivity index (χ4v) is 2.38. The molecule has 0 fully saturated rings. The molecule has 0 saturated carbocycles. The van der Waals surface area contributed by atoms with Gasteiger partial charge in [0.1, 0.15) is 0 Å². The Labute approximate surface area is 144 Å². The molecule has 6 heteroatoms. The van der Waals surface area contributed by atoms with Gasteiger partial charge in [-0.3, -0.25) is 9.59 Å². The van der Waals surface area contributed by atoms with Gasteiger partial charge >= 0.3 is 5.97 Å². The quantitative estimate of drug-likeness (QED) is 0.639. The van der Waals surface area contributed by atoms with Crippen LogP contribution in [0.4, 0.5) is 5.69 Å². The van der Waals surface area contributed by atoms with Gasteiger partial charge in [-0.2, -0.15) is 0 Å². The van der Waals surface area contributed by atoms with Gasteiger partial charge in [0.25, 0.3) is 0 Å². The van der Waals surface area contributed by atoms with Crippen LogP contribution in [0.1, 0.15) is 33.6 Å². The zero-order valence-electron chi connectivity index (χ0n) is 13.0. The number of ether oxygens (including phenoxy) is 1. The van der Waals surface area contributed by atoms with E-state index < -0.39 is 5.97 Å². The molecule has 0 saturated heterocycles. The molecule has 5 nitrogen and oxygen atoms in total. The van der Waals surface area contributed by atoms with Crippen LogP contribution >= 0.6 is 11.6 Å². The maximum absolute atomic E-state index is 12.1. The molecule has 0 aromatic heterocycles. The van der Waals surface area contributed by atoms with Gasteiger partial charge in [0.15, 0.2) is 5.78 Å². The first kappa shape index (κ1) is 17.7. The molecule has 0 heterocycles. The van der Waals surface area contributed by atoms with Crippen molar-refractivity contribution in [2.75, 3.05) is 12.4 Å². The number of halogens is 1. The Morgan fingerprint density at radius 2 is 1.58 bits per heavy atom. The first-order valence-corrected chi connectivity index (χ1v) is 7.65.